The number of amides is 1. The fourth-order valence-electron chi connectivity index (χ4n) is 3.06. The topological polar surface area (TPSA) is 29.5 Å². The van der Waals surface area contributed by atoms with Crippen molar-refractivity contribution in [2.45, 2.75) is 58.5 Å². The third-order valence-corrected chi connectivity index (χ3v) is 4.23. The molecule has 2 unspecified atom stereocenters. The molecule has 1 heterocycles. The van der Waals surface area contributed by atoms with Gasteiger partial charge in [-0.05, 0) is 51.7 Å². The minimum atomic E-state index is 0.102. The van der Waals surface area contributed by atoms with Gasteiger partial charge < -0.3 is 9.64 Å². The number of ether oxygens (including phenoxy) is 1. The highest BCUT2D eigenvalue weighted by Gasteiger charge is 2.27. The van der Waals surface area contributed by atoms with Crippen LogP contribution in [0.4, 0.5) is 0 Å². The summed E-state index contributed by atoms with van der Waals surface area (Å²) in [7, 11) is 0. The average molecular weight is 301 g/mol. The van der Waals surface area contributed by atoms with Crippen LogP contribution in [0.1, 0.15) is 52.0 Å². The SMILES string of the molecule is CCCOc1ccccc1/C=C/C(=O)N1C(C)CCCC1C. The highest BCUT2D eigenvalue weighted by atomic mass is 16.5. The summed E-state index contributed by atoms with van der Waals surface area (Å²) >= 11 is 0. The van der Waals surface area contributed by atoms with Gasteiger partial charge in [-0.1, -0.05) is 25.1 Å². The van der Waals surface area contributed by atoms with Crippen LogP contribution >= 0.6 is 0 Å². The molecule has 0 bridgehead atoms. The first-order chi connectivity index (χ1) is 10.6. The summed E-state index contributed by atoms with van der Waals surface area (Å²) in [5.41, 5.74) is 0.960. The number of nitrogens with zero attached hydrogens (tertiary/aromatic N) is 1. The van der Waals surface area contributed by atoms with Crippen LogP contribution in [0.3, 0.4) is 0 Å². The van der Waals surface area contributed by atoms with Crippen molar-refractivity contribution in [3.63, 3.8) is 0 Å². The number of carbonyl (C=O) groups excluding carboxylic acids is 1. The van der Waals surface area contributed by atoms with Crippen LogP contribution in [0, 0.1) is 0 Å². The molecule has 1 aromatic carbocycles. The Balaban J connectivity index is 2.09. The normalized spacial score (nSPS) is 22.0. The van der Waals surface area contributed by atoms with E-state index in [1.165, 1.54) is 6.42 Å². The number of carbonyl (C=O) groups is 1. The van der Waals surface area contributed by atoms with E-state index in [1.54, 1.807) is 6.08 Å². The van der Waals surface area contributed by atoms with E-state index in [2.05, 4.69) is 20.8 Å². The lowest BCUT2D eigenvalue weighted by atomic mass is 9.97. The van der Waals surface area contributed by atoms with E-state index in [-0.39, 0.29) is 5.91 Å². The third-order valence-electron chi connectivity index (χ3n) is 4.23. The molecule has 22 heavy (non-hydrogen) atoms. The van der Waals surface area contributed by atoms with Crippen molar-refractivity contribution in [3.8, 4) is 5.75 Å². The van der Waals surface area contributed by atoms with Crippen LogP contribution in [0.5, 0.6) is 5.75 Å². The second-order valence-electron chi connectivity index (χ2n) is 6.09. The summed E-state index contributed by atoms with van der Waals surface area (Å²) in [6.07, 6.45) is 7.94. The Kier molecular flexibility index (Phi) is 6.05. The summed E-state index contributed by atoms with van der Waals surface area (Å²) in [5, 5.41) is 0. The van der Waals surface area contributed by atoms with Crippen molar-refractivity contribution >= 4 is 12.0 Å². The highest BCUT2D eigenvalue weighted by molar-refractivity contribution is 5.92. The first kappa shape index (κ1) is 16.6. The largest absolute Gasteiger partial charge is 0.493 e. The third kappa shape index (κ3) is 4.12. The number of rotatable bonds is 5. The Hall–Kier alpha value is -1.77. The van der Waals surface area contributed by atoms with E-state index in [4.69, 9.17) is 4.74 Å². The quantitative estimate of drug-likeness (QED) is 0.760. The molecule has 0 spiro atoms. The maximum absolute atomic E-state index is 12.5. The molecule has 1 aliphatic heterocycles. The minimum Gasteiger partial charge on any atom is -0.493 e. The van der Waals surface area contributed by atoms with E-state index < -0.39 is 0 Å². The zero-order valence-corrected chi connectivity index (χ0v) is 13.9. The van der Waals surface area contributed by atoms with Gasteiger partial charge in [0.1, 0.15) is 5.75 Å². The summed E-state index contributed by atoms with van der Waals surface area (Å²) in [5.74, 6) is 0.943. The van der Waals surface area contributed by atoms with E-state index in [0.29, 0.717) is 18.7 Å². The molecular weight excluding hydrogens is 274 g/mol. The van der Waals surface area contributed by atoms with Crippen molar-refractivity contribution in [2.24, 2.45) is 0 Å². The van der Waals surface area contributed by atoms with E-state index >= 15 is 0 Å². The van der Waals surface area contributed by atoms with Crippen molar-refractivity contribution in [3.05, 3.63) is 35.9 Å². The average Bonchev–Trinajstić information content (AvgIpc) is 2.51. The predicted molar refractivity (Wildman–Crippen MR) is 90.9 cm³/mol. The Morgan fingerprint density at radius 1 is 1.27 bits per heavy atom. The van der Waals surface area contributed by atoms with Crippen LogP contribution in [0.2, 0.25) is 0 Å². The Labute approximate surface area is 134 Å². The number of benzene rings is 1. The van der Waals surface area contributed by atoms with Crippen molar-refractivity contribution in [1.29, 1.82) is 0 Å². The molecule has 0 N–H and O–H groups in total. The molecule has 2 rings (SSSR count). The van der Waals surface area contributed by atoms with Gasteiger partial charge in [0.2, 0.25) is 5.91 Å². The van der Waals surface area contributed by atoms with Gasteiger partial charge in [0.25, 0.3) is 0 Å². The Bertz CT molecular complexity index is 514. The maximum Gasteiger partial charge on any atom is 0.247 e. The van der Waals surface area contributed by atoms with Gasteiger partial charge in [-0.15, -0.1) is 0 Å². The van der Waals surface area contributed by atoms with Gasteiger partial charge in [-0.2, -0.15) is 0 Å². The molecule has 0 aliphatic carbocycles. The lowest BCUT2D eigenvalue weighted by molar-refractivity contribution is -0.131. The second kappa shape index (κ2) is 8.02. The summed E-state index contributed by atoms with van der Waals surface area (Å²) in [6, 6.07) is 8.51. The van der Waals surface area contributed by atoms with Crippen molar-refractivity contribution < 1.29 is 9.53 Å². The fraction of sp³-hybridized carbons (Fsp3) is 0.526. The van der Waals surface area contributed by atoms with E-state index in [9.17, 15) is 4.79 Å². The number of piperidine rings is 1. The predicted octanol–water partition coefficient (Wildman–Crippen LogP) is 4.28. The molecule has 1 aromatic rings. The first-order valence-corrected chi connectivity index (χ1v) is 8.35. The molecule has 3 nitrogen and oxygen atoms in total. The Morgan fingerprint density at radius 2 is 1.95 bits per heavy atom. The number of hydrogen-bond donors (Lipinski definition) is 0. The molecular formula is C19H27NO2. The standard InChI is InChI=1S/C19H27NO2/c1-4-14-22-18-11-6-5-10-17(18)12-13-19(21)20-15(2)8-7-9-16(20)3/h5-6,10-13,15-16H,4,7-9,14H2,1-3H3/b13-12+. The molecule has 1 aliphatic rings. The molecule has 0 aromatic heterocycles. The minimum absolute atomic E-state index is 0.102. The van der Waals surface area contributed by atoms with Gasteiger partial charge in [0.15, 0.2) is 0 Å². The Morgan fingerprint density at radius 3 is 2.64 bits per heavy atom. The lowest BCUT2D eigenvalue weighted by Crippen LogP contribution is -2.46. The molecule has 1 amide bonds. The van der Waals surface area contributed by atoms with E-state index in [1.807, 2.05) is 35.2 Å². The smallest absolute Gasteiger partial charge is 0.247 e. The fourth-order valence-corrected chi connectivity index (χ4v) is 3.06. The zero-order chi connectivity index (χ0) is 15.9. The summed E-state index contributed by atoms with van der Waals surface area (Å²) < 4.78 is 5.73. The van der Waals surface area contributed by atoms with Gasteiger partial charge in [-0.3, -0.25) is 4.79 Å². The number of para-hydroxylation sites is 1. The maximum atomic E-state index is 12.5. The zero-order valence-electron chi connectivity index (χ0n) is 13.9. The molecule has 1 saturated heterocycles. The number of hydrogen-bond acceptors (Lipinski definition) is 2. The summed E-state index contributed by atoms with van der Waals surface area (Å²) in [6.45, 7) is 7.06. The van der Waals surface area contributed by atoms with Crippen LogP contribution in [-0.4, -0.2) is 29.5 Å². The molecule has 0 saturated carbocycles. The van der Waals surface area contributed by atoms with Crippen LogP contribution in [0.15, 0.2) is 30.3 Å². The molecule has 1 fully saturated rings. The summed E-state index contributed by atoms with van der Waals surface area (Å²) in [4.78, 5) is 14.5. The molecule has 0 radical (unpaired) electrons. The van der Waals surface area contributed by atoms with Crippen molar-refractivity contribution in [1.82, 2.24) is 4.90 Å². The first-order valence-electron chi connectivity index (χ1n) is 8.35. The van der Waals surface area contributed by atoms with Crippen LogP contribution in [-0.2, 0) is 4.79 Å². The van der Waals surface area contributed by atoms with Crippen LogP contribution in [0.25, 0.3) is 6.08 Å². The van der Waals surface area contributed by atoms with Crippen molar-refractivity contribution in [2.75, 3.05) is 6.61 Å². The van der Waals surface area contributed by atoms with Gasteiger partial charge >= 0.3 is 0 Å². The van der Waals surface area contributed by atoms with E-state index in [0.717, 1.165) is 30.6 Å². The van der Waals surface area contributed by atoms with Gasteiger partial charge in [0, 0.05) is 23.7 Å². The molecule has 120 valence electrons. The lowest BCUT2D eigenvalue weighted by Gasteiger charge is -2.38. The molecule has 2 atom stereocenters. The highest BCUT2D eigenvalue weighted by Crippen LogP contribution is 2.24. The van der Waals surface area contributed by atoms with Gasteiger partial charge in [-0.25, -0.2) is 0 Å². The van der Waals surface area contributed by atoms with Crippen LogP contribution < -0.4 is 4.74 Å². The molecule has 3 heteroatoms. The monoisotopic (exact) mass is 301 g/mol. The van der Waals surface area contributed by atoms with Gasteiger partial charge in [0.05, 0.1) is 6.61 Å². The number of likely N-dealkylation sites (tertiary alicyclic amines) is 1. The second-order valence-corrected chi connectivity index (χ2v) is 6.09.